The molecule has 1 aromatic carbocycles. The zero-order valence-corrected chi connectivity index (χ0v) is 14.9. The number of likely N-dealkylation sites (N-methyl/N-ethyl adjacent to an activating group) is 1. The van der Waals surface area contributed by atoms with Crippen LogP contribution in [0.2, 0.25) is 0 Å². The number of nitrogens with one attached hydrogen (secondary N) is 1. The van der Waals surface area contributed by atoms with Crippen LogP contribution in [0.5, 0.6) is 5.75 Å². The van der Waals surface area contributed by atoms with E-state index in [1.807, 2.05) is 18.2 Å². The molecule has 0 aliphatic carbocycles. The molecule has 0 spiro atoms. The van der Waals surface area contributed by atoms with Gasteiger partial charge in [0.2, 0.25) is 0 Å². The Labute approximate surface area is 142 Å². The maximum atomic E-state index is 5.39. The molecule has 2 rings (SSSR count). The average molecular weight is 331 g/mol. The maximum absolute atomic E-state index is 5.39. The monoisotopic (exact) mass is 331 g/mol. The third-order valence-electron chi connectivity index (χ3n) is 3.56. The SMILES string of the molecule is CCNC(=NCc1ccccc1OC)N(C)CCc1cccs1. The first-order valence-corrected chi connectivity index (χ1v) is 8.76. The van der Waals surface area contributed by atoms with Crippen molar-refractivity contribution in [2.24, 2.45) is 4.99 Å². The van der Waals surface area contributed by atoms with E-state index in [1.54, 1.807) is 18.4 Å². The van der Waals surface area contributed by atoms with Crippen LogP contribution < -0.4 is 10.1 Å². The van der Waals surface area contributed by atoms with Gasteiger partial charge in [0.05, 0.1) is 13.7 Å². The first kappa shape index (κ1) is 17.3. The van der Waals surface area contributed by atoms with Gasteiger partial charge in [0, 0.05) is 30.6 Å². The standard InChI is InChI=1S/C18H25N3OS/c1-4-19-18(21(2)12-11-16-9-7-13-23-16)20-14-15-8-5-6-10-17(15)22-3/h5-10,13H,4,11-12,14H2,1-3H3,(H,19,20). The van der Waals surface area contributed by atoms with E-state index in [4.69, 9.17) is 9.73 Å². The Bertz CT molecular complexity index is 610. The van der Waals surface area contributed by atoms with Crippen LogP contribution in [0.3, 0.4) is 0 Å². The number of para-hydroxylation sites is 1. The van der Waals surface area contributed by atoms with Crippen molar-refractivity contribution in [1.29, 1.82) is 0 Å². The van der Waals surface area contributed by atoms with Gasteiger partial charge in [0.25, 0.3) is 0 Å². The number of thiophene rings is 1. The lowest BCUT2D eigenvalue weighted by Crippen LogP contribution is -2.39. The number of ether oxygens (including phenoxy) is 1. The van der Waals surface area contributed by atoms with Gasteiger partial charge in [-0.2, -0.15) is 0 Å². The highest BCUT2D eigenvalue weighted by atomic mass is 32.1. The molecule has 0 atom stereocenters. The predicted octanol–water partition coefficient (Wildman–Crippen LogP) is 3.40. The molecule has 23 heavy (non-hydrogen) atoms. The molecular weight excluding hydrogens is 306 g/mol. The van der Waals surface area contributed by atoms with Crippen molar-refractivity contribution in [2.45, 2.75) is 19.9 Å². The molecule has 0 fully saturated rings. The van der Waals surface area contributed by atoms with Gasteiger partial charge in [-0.25, -0.2) is 4.99 Å². The van der Waals surface area contributed by atoms with Crippen LogP contribution in [0.4, 0.5) is 0 Å². The third-order valence-corrected chi connectivity index (χ3v) is 4.50. The Morgan fingerprint density at radius 1 is 1.26 bits per heavy atom. The highest BCUT2D eigenvalue weighted by molar-refractivity contribution is 7.09. The minimum absolute atomic E-state index is 0.607. The predicted molar refractivity (Wildman–Crippen MR) is 98.5 cm³/mol. The number of rotatable bonds is 7. The van der Waals surface area contributed by atoms with Gasteiger partial charge < -0.3 is 15.0 Å². The van der Waals surface area contributed by atoms with Crippen molar-refractivity contribution in [2.75, 3.05) is 27.2 Å². The van der Waals surface area contributed by atoms with E-state index in [9.17, 15) is 0 Å². The van der Waals surface area contributed by atoms with Crippen molar-refractivity contribution in [3.63, 3.8) is 0 Å². The van der Waals surface area contributed by atoms with Crippen molar-refractivity contribution in [3.8, 4) is 5.75 Å². The summed E-state index contributed by atoms with van der Waals surface area (Å²) in [6.45, 7) is 4.49. The molecule has 124 valence electrons. The molecule has 2 aromatic rings. The summed E-state index contributed by atoms with van der Waals surface area (Å²) >= 11 is 1.80. The van der Waals surface area contributed by atoms with Crippen LogP contribution in [-0.4, -0.2) is 38.1 Å². The summed E-state index contributed by atoms with van der Waals surface area (Å²) in [7, 11) is 3.78. The summed E-state index contributed by atoms with van der Waals surface area (Å²) in [5, 5.41) is 5.48. The van der Waals surface area contributed by atoms with Crippen molar-refractivity contribution < 1.29 is 4.74 Å². The maximum Gasteiger partial charge on any atom is 0.193 e. The van der Waals surface area contributed by atoms with Gasteiger partial charge in [-0.05, 0) is 30.9 Å². The van der Waals surface area contributed by atoms with E-state index in [1.165, 1.54) is 4.88 Å². The zero-order valence-electron chi connectivity index (χ0n) is 14.1. The van der Waals surface area contributed by atoms with E-state index in [2.05, 4.69) is 47.8 Å². The van der Waals surface area contributed by atoms with Gasteiger partial charge in [0.15, 0.2) is 5.96 Å². The molecule has 4 nitrogen and oxygen atoms in total. The lowest BCUT2D eigenvalue weighted by molar-refractivity contribution is 0.409. The summed E-state index contributed by atoms with van der Waals surface area (Å²) < 4.78 is 5.39. The Morgan fingerprint density at radius 3 is 2.78 bits per heavy atom. The Kier molecular flexibility index (Phi) is 6.94. The Hall–Kier alpha value is -2.01. The van der Waals surface area contributed by atoms with Crippen LogP contribution in [0.15, 0.2) is 46.8 Å². The molecule has 0 saturated heterocycles. The van der Waals surface area contributed by atoms with E-state index in [0.29, 0.717) is 6.54 Å². The molecule has 1 aromatic heterocycles. The second-order valence-electron chi connectivity index (χ2n) is 5.23. The van der Waals surface area contributed by atoms with Crippen LogP contribution in [0.1, 0.15) is 17.4 Å². The second kappa shape index (κ2) is 9.20. The fraction of sp³-hybridized carbons (Fsp3) is 0.389. The number of hydrogen-bond acceptors (Lipinski definition) is 3. The quantitative estimate of drug-likeness (QED) is 0.624. The average Bonchev–Trinajstić information content (AvgIpc) is 3.10. The Balaban J connectivity index is 2.00. The Morgan fingerprint density at radius 2 is 2.09 bits per heavy atom. The normalized spacial score (nSPS) is 11.3. The van der Waals surface area contributed by atoms with Gasteiger partial charge in [-0.1, -0.05) is 24.3 Å². The van der Waals surface area contributed by atoms with Gasteiger partial charge in [-0.15, -0.1) is 11.3 Å². The van der Waals surface area contributed by atoms with Crippen LogP contribution in [0, 0.1) is 0 Å². The number of hydrogen-bond donors (Lipinski definition) is 1. The molecule has 1 heterocycles. The molecule has 0 amide bonds. The largest absolute Gasteiger partial charge is 0.496 e. The smallest absolute Gasteiger partial charge is 0.193 e. The number of aliphatic imine (C=N–C) groups is 1. The summed E-state index contributed by atoms with van der Waals surface area (Å²) in [5.41, 5.74) is 1.09. The molecule has 0 bridgehead atoms. The molecule has 0 unspecified atom stereocenters. The number of benzene rings is 1. The highest BCUT2D eigenvalue weighted by Crippen LogP contribution is 2.18. The van der Waals surface area contributed by atoms with Gasteiger partial charge in [-0.3, -0.25) is 0 Å². The number of guanidine groups is 1. The summed E-state index contributed by atoms with van der Waals surface area (Å²) in [6, 6.07) is 12.3. The number of nitrogens with zero attached hydrogens (tertiary/aromatic N) is 2. The topological polar surface area (TPSA) is 36.9 Å². The van der Waals surface area contributed by atoms with Crippen LogP contribution in [0.25, 0.3) is 0 Å². The molecule has 0 saturated carbocycles. The van der Waals surface area contributed by atoms with Crippen LogP contribution in [-0.2, 0) is 13.0 Å². The second-order valence-corrected chi connectivity index (χ2v) is 6.27. The van der Waals surface area contributed by atoms with Crippen molar-refractivity contribution in [1.82, 2.24) is 10.2 Å². The minimum Gasteiger partial charge on any atom is -0.496 e. The third kappa shape index (κ3) is 5.28. The zero-order chi connectivity index (χ0) is 16.5. The van der Waals surface area contributed by atoms with E-state index in [-0.39, 0.29) is 0 Å². The van der Waals surface area contributed by atoms with Crippen LogP contribution >= 0.6 is 11.3 Å². The van der Waals surface area contributed by atoms with Crippen molar-refractivity contribution >= 4 is 17.3 Å². The summed E-state index contributed by atoms with van der Waals surface area (Å²) in [4.78, 5) is 8.33. The van der Waals surface area contributed by atoms with Crippen molar-refractivity contribution in [3.05, 3.63) is 52.2 Å². The first-order chi connectivity index (χ1) is 11.2. The van der Waals surface area contributed by atoms with E-state index < -0.39 is 0 Å². The molecular formula is C18H25N3OS. The van der Waals surface area contributed by atoms with E-state index >= 15 is 0 Å². The lowest BCUT2D eigenvalue weighted by Gasteiger charge is -2.22. The molecule has 0 radical (unpaired) electrons. The summed E-state index contributed by atoms with van der Waals surface area (Å²) in [5.74, 6) is 1.81. The molecule has 0 aliphatic rings. The fourth-order valence-electron chi connectivity index (χ4n) is 2.30. The highest BCUT2D eigenvalue weighted by Gasteiger charge is 2.07. The number of methoxy groups -OCH3 is 1. The molecule has 1 N–H and O–H groups in total. The lowest BCUT2D eigenvalue weighted by atomic mass is 10.2. The molecule has 0 aliphatic heterocycles. The van der Waals surface area contributed by atoms with Gasteiger partial charge in [0.1, 0.15) is 5.75 Å². The molecule has 5 heteroatoms. The fourth-order valence-corrected chi connectivity index (χ4v) is 3.00. The van der Waals surface area contributed by atoms with Gasteiger partial charge >= 0.3 is 0 Å². The first-order valence-electron chi connectivity index (χ1n) is 7.88. The minimum atomic E-state index is 0.607. The summed E-state index contributed by atoms with van der Waals surface area (Å²) in [6.07, 6.45) is 1.03. The van der Waals surface area contributed by atoms with E-state index in [0.717, 1.165) is 36.8 Å².